The monoisotopic (exact) mass is 424 g/mol. The zero-order valence-corrected chi connectivity index (χ0v) is 17.8. The summed E-state index contributed by atoms with van der Waals surface area (Å²) >= 11 is 6.18. The molecule has 2 heterocycles. The van der Waals surface area contributed by atoms with Gasteiger partial charge in [0.05, 0.1) is 12.1 Å². The first-order chi connectivity index (χ1) is 14.6. The predicted molar refractivity (Wildman–Crippen MR) is 118 cm³/mol. The molecule has 7 heteroatoms. The van der Waals surface area contributed by atoms with E-state index < -0.39 is 0 Å². The van der Waals surface area contributed by atoms with Gasteiger partial charge in [0.1, 0.15) is 0 Å². The Morgan fingerprint density at radius 1 is 1.13 bits per heavy atom. The van der Waals surface area contributed by atoms with E-state index in [9.17, 15) is 4.79 Å². The molecule has 30 heavy (non-hydrogen) atoms. The summed E-state index contributed by atoms with van der Waals surface area (Å²) in [6, 6.07) is 13.4. The van der Waals surface area contributed by atoms with Gasteiger partial charge < -0.3 is 14.7 Å². The molecule has 0 bridgehead atoms. The van der Waals surface area contributed by atoms with Gasteiger partial charge in [0.25, 0.3) is 5.91 Å². The van der Waals surface area contributed by atoms with Crippen molar-refractivity contribution in [2.45, 2.75) is 39.2 Å². The number of carbonyl (C=O) groups is 1. The molecule has 6 nitrogen and oxygen atoms in total. The summed E-state index contributed by atoms with van der Waals surface area (Å²) in [4.78, 5) is 19.4. The SMILES string of the molecule is CCc1ccc(-c2noc(CNc3cc(Cl)ccc3C(=O)N3CCCCC3)n2)cc1. The molecule has 0 aliphatic carbocycles. The molecule has 0 spiro atoms. The molecule has 1 aliphatic rings. The summed E-state index contributed by atoms with van der Waals surface area (Å²) in [5.74, 6) is 1.02. The van der Waals surface area contributed by atoms with Gasteiger partial charge in [0, 0.05) is 29.4 Å². The number of piperidine rings is 1. The highest BCUT2D eigenvalue weighted by molar-refractivity contribution is 6.31. The Morgan fingerprint density at radius 3 is 2.63 bits per heavy atom. The van der Waals surface area contributed by atoms with Crippen molar-refractivity contribution >= 4 is 23.2 Å². The first-order valence-electron chi connectivity index (χ1n) is 10.4. The van der Waals surface area contributed by atoms with Crippen LogP contribution in [0.4, 0.5) is 5.69 Å². The standard InChI is InChI=1S/C23H25ClN4O2/c1-2-16-6-8-17(9-7-16)22-26-21(30-27-22)15-25-20-14-18(24)10-11-19(20)23(29)28-12-4-3-5-13-28/h6-11,14,25H,2-5,12-13,15H2,1H3. The Morgan fingerprint density at radius 2 is 1.90 bits per heavy atom. The van der Waals surface area contributed by atoms with Gasteiger partial charge in [-0.2, -0.15) is 4.98 Å². The topological polar surface area (TPSA) is 71.3 Å². The minimum atomic E-state index is 0.0242. The maximum Gasteiger partial charge on any atom is 0.255 e. The average Bonchev–Trinajstić information content (AvgIpc) is 3.27. The lowest BCUT2D eigenvalue weighted by molar-refractivity contribution is 0.0725. The fourth-order valence-corrected chi connectivity index (χ4v) is 3.79. The number of likely N-dealkylation sites (tertiary alicyclic amines) is 1. The van der Waals surface area contributed by atoms with Crippen LogP contribution in [-0.2, 0) is 13.0 Å². The van der Waals surface area contributed by atoms with E-state index in [1.54, 1.807) is 18.2 Å². The van der Waals surface area contributed by atoms with E-state index >= 15 is 0 Å². The lowest BCUT2D eigenvalue weighted by atomic mass is 10.1. The molecule has 1 aromatic heterocycles. The second-order valence-corrected chi connectivity index (χ2v) is 7.89. The largest absolute Gasteiger partial charge is 0.375 e. The van der Waals surface area contributed by atoms with Gasteiger partial charge in [0.2, 0.25) is 11.7 Å². The van der Waals surface area contributed by atoms with Gasteiger partial charge >= 0.3 is 0 Å². The second-order valence-electron chi connectivity index (χ2n) is 7.46. The number of anilines is 1. The average molecular weight is 425 g/mol. The number of benzene rings is 2. The number of hydrogen-bond donors (Lipinski definition) is 1. The predicted octanol–water partition coefficient (Wildman–Crippen LogP) is 5.19. The molecule has 1 aliphatic heterocycles. The van der Waals surface area contributed by atoms with Crippen molar-refractivity contribution in [3.8, 4) is 11.4 Å². The quantitative estimate of drug-likeness (QED) is 0.589. The molecule has 1 amide bonds. The van der Waals surface area contributed by atoms with Crippen LogP contribution in [0.1, 0.15) is 48.0 Å². The van der Waals surface area contributed by atoms with Crippen molar-refractivity contribution in [3.05, 3.63) is 64.5 Å². The van der Waals surface area contributed by atoms with Crippen molar-refractivity contribution in [3.63, 3.8) is 0 Å². The van der Waals surface area contributed by atoms with E-state index in [4.69, 9.17) is 16.1 Å². The summed E-state index contributed by atoms with van der Waals surface area (Å²) in [7, 11) is 0. The van der Waals surface area contributed by atoms with Gasteiger partial charge in [-0.3, -0.25) is 4.79 Å². The molecule has 0 atom stereocenters. The lowest BCUT2D eigenvalue weighted by Crippen LogP contribution is -2.36. The first-order valence-corrected chi connectivity index (χ1v) is 10.8. The minimum absolute atomic E-state index is 0.0242. The molecule has 1 fully saturated rings. The van der Waals surface area contributed by atoms with Gasteiger partial charge in [0.15, 0.2) is 0 Å². The van der Waals surface area contributed by atoms with Crippen molar-refractivity contribution in [2.75, 3.05) is 18.4 Å². The van der Waals surface area contributed by atoms with Crippen LogP contribution in [0, 0.1) is 0 Å². The number of halogens is 1. The molecule has 2 aromatic carbocycles. The summed E-state index contributed by atoms with van der Waals surface area (Å²) in [6.07, 6.45) is 4.26. The molecule has 0 radical (unpaired) electrons. The fraction of sp³-hybridized carbons (Fsp3) is 0.348. The molecule has 0 saturated carbocycles. The van der Waals surface area contributed by atoms with Crippen LogP contribution in [0.25, 0.3) is 11.4 Å². The molecular weight excluding hydrogens is 400 g/mol. The molecule has 4 rings (SSSR count). The van der Waals surface area contributed by atoms with Crippen LogP contribution < -0.4 is 5.32 Å². The Hall–Kier alpha value is -2.86. The van der Waals surface area contributed by atoms with Gasteiger partial charge in [-0.25, -0.2) is 0 Å². The highest BCUT2D eigenvalue weighted by atomic mass is 35.5. The van der Waals surface area contributed by atoms with Crippen LogP contribution in [-0.4, -0.2) is 34.0 Å². The molecule has 3 aromatic rings. The van der Waals surface area contributed by atoms with Crippen LogP contribution in [0.3, 0.4) is 0 Å². The summed E-state index contributed by atoms with van der Waals surface area (Å²) in [5, 5.41) is 7.89. The number of rotatable bonds is 6. The third-order valence-electron chi connectivity index (χ3n) is 5.37. The van der Waals surface area contributed by atoms with Gasteiger partial charge in [-0.1, -0.05) is 47.9 Å². The van der Waals surface area contributed by atoms with E-state index in [1.165, 1.54) is 12.0 Å². The molecular formula is C23H25ClN4O2. The number of aromatic nitrogens is 2. The number of nitrogens with zero attached hydrogens (tertiary/aromatic N) is 3. The van der Waals surface area contributed by atoms with E-state index in [0.717, 1.165) is 37.9 Å². The van der Waals surface area contributed by atoms with Crippen LogP contribution >= 0.6 is 11.6 Å². The van der Waals surface area contributed by atoms with E-state index in [2.05, 4.69) is 34.5 Å². The Balaban J connectivity index is 1.47. The maximum atomic E-state index is 13.0. The fourth-order valence-electron chi connectivity index (χ4n) is 3.62. The molecule has 1 N–H and O–H groups in total. The number of carbonyl (C=O) groups excluding carboxylic acids is 1. The first kappa shape index (κ1) is 20.4. The minimum Gasteiger partial charge on any atom is -0.375 e. The molecule has 0 unspecified atom stereocenters. The third-order valence-corrected chi connectivity index (χ3v) is 5.61. The third kappa shape index (κ3) is 4.65. The van der Waals surface area contributed by atoms with Crippen molar-refractivity contribution in [1.82, 2.24) is 15.0 Å². The van der Waals surface area contributed by atoms with E-state index in [1.807, 2.05) is 17.0 Å². The number of aryl methyl sites for hydroxylation is 1. The van der Waals surface area contributed by atoms with Crippen molar-refractivity contribution in [2.24, 2.45) is 0 Å². The van der Waals surface area contributed by atoms with Crippen molar-refractivity contribution in [1.29, 1.82) is 0 Å². The van der Waals surface area contributed by atoms with Gasteiger partial charge in [-0.15, -0.1) is 0 Å². The highest BCUT2D eigenvalue weighted by Gasteiger charge is 2.21. The molecule has 1 saturated heterocycles. The Bertz CT molecular complexity index is 1010. The smallest absolute Gasteiger partial charge is 0.255 e. The Kier molecular flexibility index (Phi) is 6.33. The van der Waals surface area contributed by atoms with E-state index in [-0.39, 0.29) is 5.91 Å². The Labute approximate surface area is 181 Å². The van der Waals surface area contributed by atoms with Gasteiger partial charge in [-0.05, 0) is 49.4 Å². The number of amides is 1. The second kappa shape index (κ2) is 9.30. The summed E-state index contributed by atoms with van der Waals surface area (Å²) in [5.41, 5.74) is 3.45. The number of nitrogens with one attached hydrogen (secondary N) is 1. The van der Waals surface area contributed by atoms with Crippen LogP contribution in [0.15, 0.2) is 47.0 Å². The summed E-state index contributed by atoms with van der Waals surface area (Å²) < 4.78 is 5.39. The highest BCUT2D eigenvalue weighted by Crippen LogP contribution is 2.25. The van der Waals surface area contributed by atoms with Crippen LogP contribution in [0.2, 0.25) is 5.02 Å². The van der Waals surface area contributed by atoms with Crippen molar-refractivity contribution < 1.29 is 9.32 Å². The number of hydrogen-bond acceptors (Lipinski definition) is 5. The zero-order chi connectivity index (χ0) is 20.9. The maximum absolute atomic E-state index is 13.0. The molecule has 156 valence electrons. The summed E-state index contributed by atoms with van der Waals surface area (Å²) in [6.45, 7) is 4.02. The van der Waals surface area contributed by atoms with Crippen LogP contribution in [0.5, 0.6) is 0 Å². The van der Waals surface area contributed by atoms with E-state index in [0.29, 0.717) is 34.5 Å². The normalized spacial score (nSPS) is 14.0. The zero-order valence-electron chi connectivity index (χ0n) is 17.0. The lowest BCUT2D eigenvalue weighted by Gasteiger charge is -2.27.